The van der Waals surface area contributed by atoms with Gasteiger partial charge in [0, 0.05) is 24.2 Å². The molecule has 15 heavy (non-hydrogen) atoms. The van der Waals surface area contributed by atoms with Crippen LogP contribution in [0.25, 0.3) is 0 Å². The van der Waals surface area contributed by atoms with Gasteiger partial charge in [0.05, 0.1) is 5.69 Å². The van der Waals surface area contributed by atoms with E-state index in [2.05, 4.69) is 4.98 Å². The Hall–Kier alpha value is -1.42. The Morgan fingerprint density at radius 1 is 1.27 bits per heavy atom. The van der Waals surface area contributed by atoms with E-state index in [1.165, 1.54) is 0 Å². The van der Waals surface area contributed by atoms with E-state index in [-0.39, 0.29) is 0 Å². The molecule has 1 rings (SSSR count). The fraction of sp³-hybridized carbons (Fsp3) is 0.455. The average Bonchev–Trinajstić information content (AvgIpc) is 2.51. The number of hydrogen-bond donors (Lipinski definition) is 1. The molecule has 0 spiro atoms. The molecule has 0 saturated heterocycles. The molecule has 0 aliphatic carbocycles. The second kappa shape index (κ2) is 4.89. The maximum atomic E-state index is 10.9. The van der Waals surface area contributed by atoms with Gasteiger partial charge in [0.1, 0.15) is 0 Å². The van der Waals surface area contributed by atoms with Gasteiger partial charge < -0.3 is 9.88 Å². The summed E-state index contributed by atoms with van der Waals surface area (Å²) in [4.78, 5) is 26.6. The number of nitrogens with zero attached hydrogens (tertiary/aromatic N) is 1. The van der Waals surface area contributed by atoms with Gasteiger partial charge in [-0.05, 0) is 26.6 Å². The van der Waals surface area contributed by atoms with Gasteiger partial charge in [0.15, 0.2) is 12.6 Å². The van der Waals surface area contributed by atoms with E-state index < -0.39 is 0 Å². The summed E-state index contributed by atoms with van der Waals surface area (Å²) in [6.07, 6.45) is 2.31. The summed E-state index contributed by atoms with van der Waals surface area (Å²) in [5.41, 5.74) is 2.72. The SMILES string of the molecule is Cc1c(C=O)[nH]c(CCN(C)C)c1C=O. The second-order valence-corrected chi connectivity index (χ2v) is 3.84. The molecule has 0 aromatic carbocycles. The molecule has 1 aromatic heterocycles. The second-order valence-electron chi connectivity index (χ2n) is 3.84. The van der Waals surface area contributed by atoms with Crippen LogP contribution in [0.5, 0.6) is 0 Å². The first kappa shape index (κ1) is 11.7. The van der Waals surface area contributed by atoms with Crippen molar-refractivity contribution in [2.75, 3.05) is 20.6 Å². The number of likely N-dealkylation sites (N-methyl/N-ethyl adjacent to an activating group) is 1. The predicted octanol–water partition coefficient (Wildman–Crippen LogP) is 1.05. The molecule has 0 amide bonds. The van der Waals surface area contributed by atoms with Gasteiger partial charge in [-0.1, -0.05) is 0 Å². The van der Waals surface area contributed by atoms with Crippen LogP contribution in [0.4, 0.5) is 0 Å². The Kier molecular flexibility index (Phi) is 3.80. The quantitative estimate of drug-likeness (QED) is 0.736. The van der Waals surface area contributed by atoms with E-state index in [9.17, 15) is 9.59 Å². The maximum absolute atomic E-state index is 10.9. The lowest BCUT2D eigenvalue weighted by Crippen LogP contribution is -2.15. The summed E-state index contributed by atoms with van der Waals surface area (Å²) < 4.78 is 0. The van der Waals surface area contributed by atoms with Crippen LogP contribution in [0.15, 0.2) is 0 Å². The molecule has 0 aliphatic rings. The Bertz CT molecular complexity index is 367. The molecule has 0 atom stereocenters. The summed E-state index contributed by atoms with van der Waals surface area (Å²) in [7, 11) is 3.94. The third-order valence-electron chi connectivity index (χ3n) is 2.46. The molecule has 0 bridgehead atoms. The van der Waals surface area contributed by atoms with Crippen LogP contribution in [0.1, 0.15) is 32.1 Å². The van der Waals surface area contributed by atoms with E-state index in [1.807, 2.05) is 19.0 Å². The van der Waals surface area contributed by atoms with Gasteiger partial charge in [0.25, 0.3) is 0 Å². The Labute approximate surface area is 89.3 Å². The number of nitrogens with one attached hydrogen (secondary N) is 1. The molecule has 0 unspecified atom stereocenters. The van der Waals surface area contributed by atoms with Crippen molar-refractivity contribution in [1.29, 1.82) is 0 Å². The molecule has 0 radical (unpaired) electrons. The third kappa shape index (κ3) is 2.53. The van der Waals surface area contributed by atoms with Gasteiger partial charge in [0.2, 0.25) is 0 Å². The molecule has 4 nitrogen and oxygen atoms in total. The van der Waals surface area contributed by atoms with E-state index in [0.29, 0.717) is 11.3 Å². The van der Waals surface area contributed by atoms with Crippen LogP contribution in [0.2, 0.25) is 0 Å². The van der Waals surface area contributed by atoms with Crippen LogP contribution < -0.4 is 0 Å². The molecule has 0 aliphatic heterocycles. The monoisotopic (exact) mass is 208 g/mol. The highest BCUT2D eigenvalue weighted by atomic mass is 16.1. The topological polar surface area (TPSA) is 53.2 Å². The average molecular weight is 208 g/mol. The summed E-state index contributed by atoms with van der Waals surface area (Å²) in [5.74, 6) is 0. The van der Waals surface area contributed by atoms with Crippen molar-refractivity contribution in [2.45, 2.75) is 13.3 Å². The van der Waals surface area contributed by atoms with Crippen molar-refractivity contribution in [3.8, 4) is 0 Å². The lowest BCUT2D eigenvalue weighted by Gasteiger charge is -2.08. The van der Waals surface area contributed by atoms with Crippen LogP contribution in [-0.4, -0.2) is 43.1 Å². The number of aldehydes is 2. The molecule has 0 fully saturated rings. The molecular weight excluding hydrogens is 192 g/mol. The normalized spacial score (nSPS) is 10.7. The Balaban J connectivity index is 2.96. The minimum atomic E-state index is 0.505. The largest absolute Gasteiger partial charge is 0.355 e. The molecule has 82 valence electrons. The third-order valence-corrected chi connectivity index (χ3v) is 2.46. The minimum Gasteiger partial charge on any atom is -0.355 e. The van der Waals surface area contributed by atoms with Gasteiger partial charge in [-0.15, -0.1) is 0 Å². The molecule has 4 heteroatoms. The smallest absolute Gasteiger partial charge is 0.166 e. The molecule has 1 N–H and O–H groups in total. The van der Waals surface area contributed by atoms with E-state index in [1.54, 1.807) is 6.92 Å². The van der Waals surface area contributed by atoms with Gasteiger partial charge >= 0.3 is 0 Å². The summed E-state index contributed by atoms with van der Waals surface area (Å²) in [6, 6.07) is 0. The number of carbonyl (C=O) groups is 2. The number of aromatic amines is 1. The maximum Gasteiger partial charge on any atom is 0.166 e. The first-order chi connectivity index (χ1) is 7.10. The zero-order valence-electron chi connectivity index (χ0n) is 9.33. The number of hydrogen-bond acceptors (Lipinski definition) is 3. The summed E-state index contributed by atoms with van der Waals surface area (Å²) in [5, 5.41) is 0. The van der Waals surface area contributed by atoms with Crippen LogP contribution in [0, 0.1) is 6.92 Å². The highest BCUT2D eigenvalue weighted by Gasteiger charge is 2.12. The molecule has 0 saturated carbocycles. The zero-order valence-corrected chi connectivity index (χ0v) is 9.33. The van der Waals surface area contributed by atoms with Crippen molar-refractivity contribution < 1.29 is 9.59 Å². The lowest BCUT2D eigenvalue weighted by atomic mass is 10.1. The van der Waals surface area contributed by atoms with Crippen LogP contribution in [-0.2, 0) is 6.42 Å². The van der Waals surface area contributed by atoms with Gasteiger partial charge in [-0.25, -0.2) is 0 Å². The van der Waals surface area contributed by atoms with Gasteiger partial charge in [-0.3, -0.25) is 9.59 Å². The Morgan fingerprint density at radius 3 is 2.40 bits per heavy atom. The molecule has 1 heterocycles. The first-order valence-electron chi connectivity index (χ1n) is 4.86. The number of carbonyl (C=O) groups excluding carboxylic acids is 2. The van der Waals surface area contributed by atoms with Crippen molar-refractivity contribution in [3.63, 3.8) is 0 Å². The predicted molar refractivity (Wildman–Crippen MR) is 58.6 cm³/mol. The number of H-pyrrole nitrogens is 1. The van der Waals surface area contributed by atoms with E-state index >= 15 is 0 Å². The van der Waals surface area contributed by atoms with E-state index in [0.717, 1.165) is 36.8 Å². The fourth-order valence-corrected chi connectivity index (χ4v) is 1.51. The van der Waals surface area contributed by atoms with Crippen LogP contribution >= 0.6 is 0 Å². The van der Waals surface area contributed by atoms with Crippen LogP contribution in [0.3, 0.4) is 0 Å². The minimum absolute atomic E-state index is 0.505. The first-order valence-corrected chi connectivity index (χ1v) is 4.86. The van der Waals surface area contributed by atoms with Crippen molar-refractivity contribution in [3.05, 3.63) is 22.5 Å². The van der Waals surface area contributed by atoms with Crippen molar-refractivity contribution >= 4 is 12.6 Å². The van der Waals surface area contributed by atoms with Gasteiger partial charge in [-0.2, -0.15) is 0 Å². The summed E-state index contributed by atoms with van der Waals surface area (Å²) >= 11 is 0. The summed E-state index contributed by atoms with van der Waals surface area (Å²) in [6.45, 7) is 2.63. The van der Waals surface area contributed by atoms with E-state index in [4.69, 9.17) is 0 Å². The number of aromatic nitrogens is 1. The highest BCUT2D eigenvalue weighted by molar-refractivity contribution is 5.86. The van der Waals surface area contributed by atoms with Crippen molar-refractivity contribution in [1.82, 2.24) is 9.88 Å². The number of rotatable bonds is 5. The molecule has 1 aromatic rings. The Morgan fingerprint density at radius 2 is 1.93 bits per heavy atom. The molecular formula is C11H16N2O2. The zero-order chi connectivity index (χ0) is 11.4. The van der Waals surface area contributed by atoms with Crippen molar-refractivity contribution in [2.24, 2.45) is 0 Å². The fourth-order valence-electron chi connectivity index (χ4n) is 1.51. The standard InChI is InChI=1S/C11H16N2O2/c1-8-9(6-14)10(4-5-13(2)3)12-11(8)7-15/h6-7,12H,4-5H2,1-3H3. The highest BCUT2D eigenvalue weighted by Crippen LogP contribution is 2.15. The lowest BCUT2D eigenvalue weighted by molar-refractivity contribution is 0.111.